The summed E-state index contributed by atoms with van der Waals surface area (Å²) >= 11 is 1.10. The van der Waals surface area contributed by atoms with Gasteiger partial charge in [0.05, 0.1) is 0 Å². The number of primary sulfonamides is 1. The Morgan fingerprint density at radius 2 is 1.33 bits per heavy atom. The molecule has 0 aliphatic rings. The second-order valence-corrected chi connectivity index (χ2v) is 12.1. The first-order chi connectivity index (χ1) is 17.3. The van der Waals surface area contributed by atoms with E-state index in [-0.39, 0.29) is 10.1 Å². The van der Waals surface area contributed by atoms with Crippen molar-refractivity contribution in [3.63, 3.8) is 0 Å². The first-order valence-corrected chi connectivity index (χ1v) is 14.5. The summed E-state index contributed by atoms with van der Waals surface area (Å²) in [5.41, 5.74) is 0.500. The summed E-state index contributed by atoms with van der Waals surface area (Å²) in [5, 5.41) is 24.5. The minimum atomic E-state index is -3.98. The van der Waals surface area contributed by atoms with Gasteiger partial charge in [-0.1, -0.05) is 105 Å². The van der Waals surface area contributed by atoms with Crippen molar-refractivity contribution in [2.45, 2.75) is 36.0 Å². The second kappa shape index (κ2) is 9.45. The molecule has 5 aromatic rings. The average Bonchev–Trinajstić information content (AvgIpc) is 3.38. The molecule has 1 aromatic heterocycles. The monoisotopic (exact) mass is 515 g/mol. The zero-order valence-corrected chi connectivity index (χ0v) is 21.9. The first kappa shape index (κ1) is 24.7. The molecular weight excluding hydrogens is 486 g/mol. The first-order valence-electron chi connectivity index (χ1n) is 12.1. The van der Waals surface area contributed by atoms with Gasteiger partial charge in [0.25, 0.3) is 0 Å². The van der Waals surface area contributed by atoms with Gasteiger partial charge < -0.3 is 5.11 Å². The van der Waals surface area contributed by atoms with Crippen molar-refractivity contribution in [3.05, 3.63) is 113 Å². The molecule has 6 heteroatoms. The molecule has 0 saturated carbocycles. The van der Waals surface area contributed by atoms with E-state index in [4.69, 9.17) is 5.14 Å². The smallest absolute Gasteiger partial charge is 0.247 e. The SMILES string of the molecule is CC[C@H](C)[C@@H](c1ccsc1S(N)(=O)=O)C(O)(c1cccc2ccccc12)c1cccc2ccccc12. The van der Waals surface area contributed by atoms with Gasteiger partial charge in [0.1, 0.15) is 9.81 Å². The van der Waals surface area contributed by atoms with Gasteiger partial charge in [0.15, 0.2) is 0 Å². The van der Waals surface area contributed by atoms with Gasteiger partial charge in [0.2, 0.25) is 10.0 Å². The number of hydrogen-bond donors (Lipinski definition) is 2. The Balaban J connectivity index is 1.95. The Labute approximate surface area is 216 Å². The highest BCUT2D eigenvalue weighted by molar-refractivity contribution is 7.91. The standard InChI is InChI=1S/C30H29NO3S2/c1-3-20(2)28(25-18-19-35-29(25)36(31,33)34)30(32,26-16-8-12-21-10-4-6-14-23(21)26)27-17-9-13-22-11-5-7-15-24(22)27/h4-20,28,32H,3H2,1-2H3,(H2,31,33,34)/t20-,28-/m0/s1. The molecule has 3 N–H and O–H groups in total. The van der Waals surface area contributed by atoms with Crippen LogP contribution < -0.4 is 5.14 Å². The quantitative estimate of drug-likeness (QED) is 0.251. The summed E-state index contributed by atoms with van der Waals surface area (Å²) in [6.07, 6.45) is 0.739. The molecule has 4 aromatic carbocycles. The normalized spacial score (nSPS) is 14.2. The van der Waals surface area contributed by atoms with Crippen LogP contribution in [0.3, 0.4) is 0 Å². The zero-order chi connectivity index (χ0) is 25.5. The average molecular weight is 516 g/mol. The minimum absolute atomic E-state index is 0.0666. The molecule has 0 fully saturated rings. The van der Waals surface area contributed by atoms with Gasteiger partial charge in [-0.15, -0.1) is 11.3 Å². The van der Waals surface area contributed by atoms with Crippen molar-refractivity contribution in [3.8, 4) is 0 Å². The van der Waals surface area contributed by atoms with E-state index < -0.39 is 21.5 Å². The van der Waals surface area contributed by atoms with Gasteiger partial charge in [-0.25, -0.2) is 13.6 Å². The van der Waals surface area contributed by atoms with E-state index in [9.17, 15) is 13.5 Å². The maximum atomic E-state index is 13.2. The van der Waals surface area contributed by atoms with Crippen LogP contribution in [-0.4, -0.2) is 13.5 Å². The molecule has 0 spiro atoms. The number of thiophene rings is 1. The summed E-state index contributed by atoms with van der Waals surface area (Å²) in [6, 6.07) is 29.7. The van der Waals surface area contributed by atoms with Crippen LogP contribution in [0.5, 0.6) is 0 Å². The third-order valence-corrected chi connectivity index (χ3v) is 9.78. The molecule has 0 saturated heterocycles. The molecule has 36 heavy (non-hydrogen) atoms. The number of benzene rings is 4. The lowest BCUT2D eigenvalue weighted by Crippen LogP contribution is -2.39. The van der Waals surface area contributed by atoms with Crippen LogP contribution in [-0.2, 0) is 15.6 Å². The zero-order valence-electron chi connectivity index (χ0n) is 20.3. The van der Waals surface area contributed by atoms with Crippen LogP contribution in [0.25, 0.3) is 21.5 Å². The molecule has 0 aliphatic heterocycles. The molecule has 1 heterocycles. The molecule has 0 radical (unpaired) electrons. The number of sulfonamides is 1. The Morgan fingerprint density at radius 3 is 1.83 bits per heavy atom. The maximum absolute atomic E-state index is 13.2. The molecule has 0 bridgehead atoms. The van der Waals surface area contributed by atoms with Gasteiger partial charge in [-0.3, -0.25) is 0 Å². The molecular formula is C30H29NO3S2. The van der Waals surface area contributed by atoms with Gasteiger partial charge in [0, 0.05) is 5.92 Å². The van der Waals surface area contributed by atoms with E-state index in [1.165, 1.54) is 0 Å². The van der Waals surface area contributed by atoms with Crippen molar-refractivity contribution >= 4 is 42.9 Å². The Hall–Kier alpha value is -3.03. The number of nitrogens with two attached hydrogens (primary N) is 1. The Kier molecular flexibility index (Phi) is 6.47. The fourth-order valence-corrected chi connectivity index (χ4v) is 7.44. The van der Waals surface area contributed by atoms with Crippen LogP contribution in [0.2, 0.25) is 0 Å². The highest BCUT2D eigenvalue weighted by atomic mass is 32.2. The summed E-state index contributed by atoms with van der Waals surface area (Å²) in [4.78, 5) is 0. The van der Waals surface area contributed by atoms with Crippen LogP contribution >= 0.6 is 11.3 Å². The Morgan fingerprint density at radius 1 is 0.833 bits per heavy atom. The largest absolute Gasteiger partial charge is 0.380 e. The third-order valence-electron chi connectivity index (χ3n) is 7.32. The van der Waals surface area contributed by atoms with Crippen molar-refractivity contribution in [2.24, 2.45) is 11.1 Å². The predicted molar refractivity (Wildman–Crippen MR) is 149 cm³/mol. The topological polar surface area (TPSA) is 80.4 Å². The van der Waals surface area contributed by atoms with E-state index in [0.29, 0.717) is 5.56 Å². The molecule has 0 unspecified atom stereocenters. The maximum Gasteiger partial charge on any atom is 0.247 e. The second-order valence-electron chi connectivity index (χ2n) is 9.39. The van der Waals surface area contributed by atoms with Crippen molar-refractivity contribution < 1.29 is 13.5 Å². The number of hydrogen-bond acceptors (Lipinski definition) is 4. The van der Waals surface area contributed by atoms with Crippen LogP contribution in [0.1, 0.15) is 42.9 Å². The van der Waals surface area contributed by atoms with Gasteiger partial charge in [-0.05, 0) is 55.6 Å². The van der Waals surface area contributed by atoms with Crippen molar-refractivity contribution in [1.82, 2.24) is 0 Å². The van der Waals surface area contributed by atoms with E-state index in [2.05, 4.69) is 13.8 Å². The van der Waals surface area contributed by atoms with E-state index in [1.807, 2.05) is 91.0 Å². The minimum Gasteiger partial charge on any atom is -0.380 e. The van der Waals surface area contributed by atoms with Gasteiger partial charge >= 0.3 is 0 Å². The lowest BCUT2D eigenvalue weighted by Gasteiger charge is -2.42. The molecule has 0 amide bonds. The summed E-state index contributed by atoms with van der Waals surface area (Å²) in [6.45, 7) is 4.13. The predicted octanol–water partition coefficient (Wildman–Crippen LogP) is 6.77. The Bertz CT molecular complexity index is 1570. The molecule has 0 aliphatic carbocycles. The van der Waals surface area contributed by atoms with E-state index >= 15 is 0 Å². The molecule has 4 nitrogen and oxygen atoms in total. The lowest BCUT2D eigenvalue weighted by atomic mass is 9.66. The number of rotatable bonds is 7. The lowest BCUT2D eigenvalue weighted by molar-refractivity contribution is 0.0305. The highest BCUT2D eigenvalue weighted by Gasteiger charge is 2.47. The summed E-state index contributed by atoms with van der Waals surface area (Å²) < 4.78 is 25.4. The number of aliphatic hydroxyl groups is 1. The fourth-order valence-electron chi connectivity index (χ4n) is 5.54. The third kappa shape index (κ3) is 4.04. The van der Waals surface area contributed by atoms with Crippen LogP contribution in [0, 0.1) is 5.92 Å². The molecule has 2 atom stereocenters. The molecule has 184 valence electrons. The fraction of sp³-hybridized carbons (Fsp3) is 0.200. The number of fused-ring (bicyclic) bond motifs is 2. The van der Waals surface area contributed by atoms with Crippen molar-refractivity contribution in [1.29, 1.82) is 0 Å². The summed E-state index contributed by atoms with van der Waals surface area (Å²) in [7, 11) is -3.98. The van der Waals surface area contributed by atoms with E-state index in [0.717, 1.165) is 50.4 Å². The van der Waals surface area contributed by atoms with Crippen LogP contribution in [0.4, 0.5) is 0 Å². The van der Waals surface area contributed by atoms with Crippen LogP contribution in [0.15, 0.2) is 101 Å². The van der Waals surface area contributed by atoms with E-state index in [1.54, 1.807) is 5.38 Å². The van der Waals surface area contributed by atoms with Crippen molar-refractivity contribution in [2.75, 3.05) is 0 Å². The highest BCUT2D eigenvalue weighted by Crippen LogP contribution is 2.52. The summed E-state index contributed by atoms with van der Waals surface area (Å²) in [5.74, 6) is -0.637. The molecule has 5 rings (SSSR count). The van der Waals surface area contributed by atoms with Gasteiger partial charge in [-0.2, -0.15) is 0 Å².